The molecular formula is C12H18BrN3O2. The number of hydrogen-bond donors (Lipinski definition) is 0. The first kappa shape index (κ1) is 13.4. The maximum atomic E-state index is 11.9. The second-order valence-electron chi connectivity index (χ2n) is 5.47. The van der Waals surface area contributed by atoms with Crippen LogP contribution >= 0.6 is 15.9 Å². The van der Waals surface area contributed by atoms with Gasteiger partial charge in [0, 0.05) is 13.1 Å². The third kappa shape index (κ3) is 3.04. The van der Waals surface area contributed by atoms with Crippen LogP contribution in [-0.2, 0) is 4.74 Å². The van der Waals surface area contributed by atoms with Gasteiger partial charge in [0.15, 0.2) is 0 Å². The number of carbonyl (C=O) groups is 1. The van der Waals surface area contributed by atoms with Gasteiger partial charge in [-0.25, -0.2) is 4.79 Å². The molecule has 0 N–H and O–H groups in total. The average molecular weight is 316 g/mol. The summed E-state index contributed by atoms with van der Waals surface area (Å²) < 4.78 is 8.21. The Morgan fingerprint density at radius 1 is 1.56 bits per heavy atom. The Hall–Kier alpha value is -1.04. The first-order valence-corrected chi connectivity index (χ1v) is 6.83. The normalized spacial score (nSPS) is 20.2. The predicted molar refractivity (Wildman–Crippen MR) is 71.4 cm³/mol. The molecule has 0 spiro atoms. The molecule has 100 valence electrons. The Labute approximate surface area is 115 Å². The van der Waals surface area contributed by atoms with Crippen LogP contribution in [0, 0.1) is 0 Å². The molecule has 6 heteroatoms. The summed E-state index contributed by atoms with van der Waals surface area (Å²) in [7, 11) is 0. The standard InChI is InChI=1S/C12H18BrN3O2/c1-12(2,3)18-11(17)15-7-5-9(8-15)16-10(13)4-6-14-16/h4,6,9H,5,7-8H2,1-3H3. The Kier molecular flexibility index (Phi) is 3.66. The van der Waals surface area contributed by atoms with Crippen LogP contribution in [-0.4, -0.2) is 39.5 Å². The lowest BCUT2D eigenvalue weighted by Crippen LogP contribution is -2.35. The van der Waals surface area contributed by atoms with E-state index in [1.807, 2.05) is 31.5 Å². The van der Waals surface area contributed by atoms with Gasteiger partial charge in [-0.1, -0.05) is 0 Å². The van der Waals surface area contributed by atoms with Crippen molar-refractivity contribution in [3.05, 3.63) is 16.9 Å². The van der Waals surface area contributed by atoms with E-state index in [9.17, 15) is 4.79 Å². The summed E-state index contributed by atoms with van der Waals surface area (Å²) in [6, 6.07) is 2.12. The minimum atomic E-state index is -0.443. The molecule has 2 rings (SSSR count). The van der Waals surface area contributed by atoms with Crippen molar-refractivity contribution in [2.75, 3.05) is 13.1 Å². The molecule has 0 aromatic carbocycles. The van der Waals surface area contributed by atoms with E-state index in [1.54, 1.807) is 11.1 Å². The lowest BCUT2D eigenvalue weighted by atomic mass is 10.2. The summed E-state index contributed by atoms with van der Waals surface area (Å²) in [5.74, 6) is 0. The molecule has 1 aliphatic heterocycles. The summed E-state index contributed by atoms with van der Waals surface area (Å²) in [4.78, 5) is 13.7. The van der Waals surface area contributed by atoms with Gasteiger partial charge in [-0.2, -0.15) is 5.10 Å². The third-order valence-corrected chi connectivity index (χ3v) is 3.41. The van der Waals surface area contributed by atoms with Gasteiger partial charge in [-0.3, -0.25) is 4.68 Å². The van der Waals surface area contributed by atoms with Gasteiger partial charge in [0.2, 0.25) is 0 Å². The Balaban J connectivity index is 1.97. The second kappa shape index (κ2) is 4.91. The predicted octanol–water partition coefficient (Wildman–Crippen LogP) is 2.83. The largest absolute Gasteiger partial charge is 0.444 e. The van der Waals surface area contributed by atoms with Gasteiger partial charge in [0.1, 0.15) is 10.2 Å². The molecule has 18 heavy (non-hydrogen) atoms. The molecule has 0 bridgehead atoms. The van der Waals surface area contributed by atoms with Crippen molar-refractivity contribution in [2.45, 2.75) is 38.8 Å². The van der Waals surface area contributed by atoms with Crippen molar-refractivity contribution in [2.24, 2.45) is 0 Å². The van der Waals surface area contributed by atoms with E-state index in [0.717, 1.165) is 11.0 Å². The number of halogens is 1. The fraction of sp³-hybridized carbons (Fsp3) is 0.667. The number of aromatic nitrogens is 2. The van der Waals surface area contributed by atoms with Crippen molar-refractivity contribution in [3.63, 3.8) is 0 Å². The Morgan fingerprint density at radius 2 is 2.28 bits per heavy atom. The van der Waals surface area contributed by atoms with Gasteiger partial charge >= 0.3 is 6.09 Å². The highest BCUT2D eigenvalue weighted by atomic mass is 79.9. The second-order valence-corrected chi connectivity index (χ2v) is 6.28. The van der Waals surface area contributed by atoms with Crippen molar-refractivity contribution >= 4 is 22.0 Å². The highest BCUT2D eigenvalue weighted by molar-refractivity contribution is 9.10. The lowest BCUT2D eigenvalue weighted by molar-refractivity contribution is 0.0288. The van der Waals surface area contributed by atoms with Crippen LogP contribution in [0.5, 0.6) is 0 Å². The molecule has 0 aliphatic carbocycles. The van der Waals surface area contributed by atoms with Gasteiger partial charge in [0.05, 0.1) is 12.2 Å². The molecule has 1 saturated heterocycles. The van der Waals surface area contributed by atoms with E-state index in [1.165, 1.54) is 0 Å². The van der Waals surface area contributed by atoms with E-state index < -0.39 is 5.60 Å². The summed E-state index contributed by atoms with van der Waals surface area (Å²) in [6.45, 7) is 6.99. The van der Waals surface area contributed by atoms with Crippen LogP contribution in [0.4, 0.5) is 4.79 Å². The highest BCUT2D eigenvalue weighted by Crippen LogP contribution is 2.25. The van der Waals surface area contributed by atoms with Gasteiger partial charge in [0.25, 0.3) is 0 Å². The first-order chi connectivity index (χ1) is 8.37. The molecule has 5 nitrogen and oxygen atoms in total. The minimum Gasteiger partial charge on any atom is -0.444 e. The van der Waals surface area contributed by atoms with Gasteiger partial charge in [-0.05, 0) is 49.2 Å². The summed E-state index contributed by atoms with van der Waals surface area (Å²) >= 11 is 3.45. The molecule has 1 unspecified atom stereocenters. The van der Waals surface area contributed by atoms with Crippen molar-refractivity contribution < 1.29 is 9.53 Å². The van der Waals surface area contributed by atoms with Gasteiger partial charge < -0.3 is 9.64 Å². The van der Waals surface area contributed by atoms with E-state index in [4.69, 9.17) is 4.74 Å². The number of likely N-dealkylation sites (tertiary alicyclic amines) is 1. The summed E-state index contributed by atoms with van der Waals surface area (Å²) in [6.07, 6.45) is 2.41. The third-order valence-electron chi connectivity index (χ3n) is 2.78. The fourth-order valence-corrected chi connectivity index (χ4v) is 2.50. The van der Waals surface area contributed by atoms with Crippen LogP contribution in [0.1, 0.15) is 33.2 Å². The van der Waals surface area contributed by atoms with Crippen LogP contribution in [0.15, 0.2) is 16.9 Å². The summed E-state index contributed by atoms with van der Waals surface area (Å²) in [5.41, 5.74) is -0.443. The SMILES string of the molecule is CC(C)(C)OC(=O)N1CCC(n2nccc2Br)C1. The van der Waals surface area contributed by atoms with Crippen LogP contribution < -0.4 is 0 Å². The van der Waals surface area contributed by atoms with E-state index in [-0.39, 0.29) is 12.1 Å². The molecule has 2 heterocycles. The molecule has 0 radical (unpaired) electrons. The molecule has 1 aromatic rings. The minimum absolute atomic E-state index is 0.224. The molecule has 1 aliphatic rings. The lowest BCUT2D eigenvalue weighted by Gasteiger charge is -2.24. The zero-order chi connectivity index (χ0) is 13.3. The highest BCUT2D eigenvalue weighted by Gasteiger charge is 2.31. The first-order valence-electron chi connectivity index (χ1n) is 6.04. The Bertz CT molecular complexity index is 439. The smallest absolute Gasteiger partial charge is 0.410 e. The maximum Gasteiger partial charge on any atom is 0.410 e. The zero-order valence-electron chi connectivity index (χ0n) is 10.9. The van der Waals surface area contributed by atoms with Crippen molar-refractivity contribution in [3.8, 4) is 0 Å². The number of nitrogens with zero attached hydrogens (tertiary/aromatic N) is 3. The molecule has 1 fully saturated rings. The van der Waals surface area contributed by atoms with E-state index >= 15 is 0 Å². The van der Waals surface area contributed by atoms with Crippen LogP contribution in [0.25, 0.3) is 0 Å². The maximum absolute atomic E-state index is 11.9. The monoisotopic (exact) mass is 315 g/mol. The molecule has 0 saturated carbocycles. The van der Waals surface area contributed by atoms with Crippen LogP contribution in [0.2, 0.25) is 0 Å². The molecule has 1 atom stereocenters. The van der Waals surface area contributed by atoms with Crippen molar-refractivity contribution in [1.29, 1.82) is 0 Å². The molecular weight excluding hydrogens is 298 g/mol. The average Bonchev–Trinajstić information content (AvgIpc) is 2.82. The fourth-order valence-electron chi connectivity index (χ4n) is 2.00. The topological polar surface area (TPSA) is 47.4 Å². The quantitative estimate of drug-likeness (QED) is 0.800. The number of rotatable bonds is 1. The number of carbonyl (C=O) groups excluding carboxylic acids is 1. The van der Waals surface area contributed by atoms with E-state index in [2.05, 4.69) is 21.0 Å². The van der Waals surface area contributed by atoms with Crippen molar-refractivity contribution in [1.82, 2.24) is 14.7 Å². The molecule has 1 aromatic heterocycles. The summed E-state index contributed by atoms with van der Waals surface area (Å²) in [5, 5.41) is 4.26. The number of hydrogen-bond acceptors (Lipinski definition) is 3. The Morgan fingerprint density at radius 3 is 2.83 bits per heavy atom. The molecule has 1 amide bonds. The number of ether oxygens (including phenoxy) is 1. The number of amides is 1. The van der Waals surface area contributed by atoms with Crippen LogP contribution in [0.3, 0.4) is 0 Å². The van der Waals surface area contributed by atoms with Gasteiger partial charge in [-0.15, -0.1) is 0 Å². The zero-order valence-corrected chi connectivity index (χ0v) is 12.5. The van der Waals surface area contributed by atoms with E-state index in [0.29, 0.717) is 13.1 Å².